The molecule has 10 heteroatoms. The van der Waals surface area contributed by atoms with Crippen molar-refractivity contribution >= 4 is 22.9 Å². The first-order valence-electron chi connectivity index (χ1n) is 8.99. The lowest BCUT2D eigenvalue weighted by Gasteiger charge is -2.20. The lowest BCUT2D eigenvalue weighted by Crippen LogP contribution is -2.35. The molecule has 29 heavy (non-hydrogen) atoms. The molecule has 152 valence electrons. The number of carbonyl (C=O) groups is 1. The second-order valence-corrected chi connectivity index (χ2v) is 7.26. The molecule has 0 saturated carbocycles. The summed E-state index contributed by atoms with van der Waals surface area (Å²) in [5, 5.41) is 21.1. The number of carbonyl (C=O) groups excluding carboxylic acids is 1. The Labute approximate surface area is 171 Å². The molecule has 0 bridgehead atoms. The molecule has 0 radical (unpaired) electrons. The number of nitro groups is 1. The highest BCUT2D eigenvalue weighted by atomic mass is 32.1. The van der Waals surface area contributed by atoms with Gasteiger partial charge < -0.3 is 14.1 Å². The van der Waals surface area contributed by atoms with Gasteiger partial charge in [-0.2, -0.15) is 0 Å². The van der Waals surface area contributed by atoms with Gasteiger partial charge in [0.15, 0.2) is 12.4 Å². The highest BCUT2D eigenvalue weighted by Crippen LogP contribution is 2.28. The third-order valence-corrected chi connectivity index (χ3v) is 4.89. The van der Waals surface area contributed by atoms with Crippen LogP contribution in [0, 0.1) is 17.0 Å². The van der Waals surface area contributed by atoms with Gasteiger partial charge in [0.2, 0.25) is 5.89 Å². The normalized spacial score (nSPS) is 10.7. The van der Waals surface area contributed by atoms with E-state index < -0.39 is 4.92 Å². The number of aromatic nitrogens is 2. The first-order chi connectivity index (χ1) is 14.0. The molecule has 9 nitrogen and oxygen atoms in total. The van der Waals surface area contributed by atoms with Gasteiger partial charge in [-0.3, -0.25) is 14.9 Å². The quantitative estimate of drug-likeness (QED) is 0.385. The smallest absolute Gasteiger partial charge is 0.311 e. The molecule has 0 aliphatic rings. The molecule has 0 atom stereocenters. The molecular formula is C19H20N4O5S. The van der Waals surface area contributed by atoms with E-state index in [0.29, 0.717) is 18.3 Å². The van der Waals surface area contributed by atoms with Crippen molar-refractivity contribution < 1.29 is 18.9 Å². The van der Waals surface area contributed by atoms with Crippen molar-refractivity contribution in [3.8, 4) is 16.5 Å². The van der Waals surface area contributed by atoms with Crippen molar-refractivity contribution in [1.29, 1.82) is 0 Å². The summed E-state index contributed by atoms with van der Waals surface area (Å²) in [6.07, 6.45) is 0.725. The minimum Gasteiger partial charge on any atom is -0.477 e. The van der Waals surface area contributed by atoms with Crippen LogP contribution in [0.2, 0.25) is 0 Å². The van der Waals surface area contributed by atoms with Crippen LogP contribution in [0.5, 0.6) is 5.75 Å². The first-order valence-corrected chi connectivity index (χ1v) is 9.87. The molecule has 0 N–H and O–H groups in total. The average Bonchev–Trinajstić information content (AvgIpc) is 3.38. The van der Waals surface area contributed by atoms with Crippen LogP contribution in [0.4, 0.5) is 5.69 Å². The van der Waals surface area contributed by atoms with Crippen LogP contribution in [0.1, 0.15) is 24.8 Å². The van der Waals surface area contributed by atoms with E-state index in [1.807, 2.05) is 24.4 Å². The Morgan fingerprint density at radius 1 is 1.34 bits per heavy atom. The number of hydrogen-bond donors (Lipinski definition) is 0. The van der Waals surface area contributed by atoms with Crippen LogP contribution in [0.3, 0.4) is 0 Å². The van der Waals surface area contributed by atoms with Crippen molar-refractivity contribution in [1.82, 2.24) is 15.1 Å². The summed E-state index contributed by atoms with van der Waals surface area (Å²) in [5.41, 5.74) is 0.568. The molecule has 1 amide bonds. The minimum absolute atomic E-state index is 0.0585. The Bertz CT molecular complexity index is 986. The fourth-order valence-electron chi connectivity index (χ4n) is 2.67. The molecular weight excluding hydrogens is 396 g/mol. The van der Waals surface area contributed by atoms with Crippen LogP contribution in [0.15, 0.2) is 40.1 Å². The molecule has 0 spiro atoms. The van der Waals surface area contributed by atoms with E-state index in [0.717, 1.165) is 16.9 Å². The van der Waals surface area contributed by atoms with Gasteiger partial charge in [-0.05, 0) is 36.4 Å². The number of amides is 1. The van der Waals surface area contributed by atoms with E-state index in [9.17, 15) is 14.9 Å². The zero-order valence-electron chi connectivity index (χ0n) is 16.0. The summed E-state index contributed by atoms with van der Waals surface area (Å²) in [6.45, 7) is 3.98. The highest BCUT2D eigenvalue weighted by Gasteiger charge is 2.21. The maximum atomic E-state index is 12.6. The minimum atomic E-state index is -0.527. The van der Waals surface area contributed by atoms with Gasteiger partial charge in [0.05, 0.1) is 16.3 Å². The zero-order chi connectivity index (χ0) is 20.8. The number of thiophene rings is 1. The van der Waals surface area contributed by atoms with Gasteiger partial charge in [-0.15, -0.1) is 21.5 Å². The van der Waals surface area contributed by atoms with Gasteiger partial charge in [0, 0.05) is 12.6 Å². The monoisotopic (exact) mass is 416 g/mol. The maximum Gasteiger partial charge on any atom is 0.311 e. The standard InChI is InChI=1S/C19H20N4O5S/c1-3-8-22(11-17-20-21-19(28-17)16-5-4-9-29-16)18(24)12-27-15-7-6-13(2)10-14(15)23(25)26/h4-7,9-10H,3,8,11-12H2,1-2H3. The summed E-state index contributed by atoms with van der Waals surface area (Å²) in [4.78, 5) is 25.7. The third-order valence-electron chi connectivity index (χ3n) is 4.03. The lowest BCUT2D eigenvalue weighted by molar-refractivity contribution is -0.385. The predicted octanol–water partition coefficient (Wildman–Crippen LogP) is 3.83. The van der Waals surface area contributed by atoms with E-state index in [-0.39, 0.29) is 30.5 Å². The molecule has 0 unspecified atom stereocenters. The molecule has 1 aromatic carbocycles. The van der Waals surface area contributed by atoms with E-state index in [1.165, 1.54) is 28.4 Å². The molecule has 0 aliphatic heterocycles. The number of nitrogens with zero attached hydrogens (tertiary/aromatic N) is 4. The Morgan fingerprint density at radius 3 is 2.86 bits per heavy atom. The van der Waals surface area contributed by atoms with Gasteiger partial charge in [0.1, 0.15) is 0 Å². The maximum absolute atomic E-state index is 12.6. The van der Waals surface area contributed by atoms with Crippen LogP contribution in [-0.2, 0) is 11.3 Å². The highest BCUT2D eigenvalue weighted by molar-refractivity contribution is 7.13. The molecule has 2 heterocycles. The second-order valence-electron chi connectivity index (χ2n) is 6.31. The van der Waals surface area contributed by atoms with E-state index in [2.05, 4.69) is 10.2 Å². The van der Waals surface area contributed by atoms with Crippen molar-refractivity contribution in [2.24, 2.45) is 0 Å². The van der Waals surface area contributed by atoms with Crippen molar-refractivity contribution in [2.75, 3.05) is 13.2 Å². The molecule has 0 fully saturated rings. The number of nitro benzene ring substituents is 1. The zero-order valence-corrected chi connectivity index (χ0v) is 16.8. The molecule has 2 aromatic heterocycles. The van der Waals surface area contributed by atoms with Gasteiger partial charge in [-0.25, -0.2) is 0 Å². The van der Waals surface area contributed by atoms with Crippen LogP contribution in [0.25, 0.3) is 10.8 Å². The van der Waals surface area contributed by atoms with Crippen LogP contribution < -0.4 is 4.74 Å². The Balaban J connectivity index is 1.66. The number of ether oxygens (including phenoxy) is 1. The first kappa shape index (κ1) is 20.5. The van der Waals surface area contributed by atoms with Crippen molar-refractivity contribution in [3.05, 3.63) is 57.3 Å². The average molecular weight is 416 g/mol. The summed E-state index contributed by atoms with van der Waals surface area (Å²) in [6, 6.07) is 8.36. The van der Waals surface area contributed by atoms with Gasteiger partial charge >= 0.3 is 5.69 Å². The summed E-state index contributed by atoms with van der Waals surface area (Å²) in [5.74, 6) is 0.461. The number of aryl methyl sites for hydroxylation is 1. The Hall–Kier alpha value is -3.27. The fourth-order valence-corrected chi connectivity index (χ4v) is 3.31. The molecule has 0 saturated heterocycles. The second kappa shape index (κ2) is 9.28. The number of rotatable bonds is 9. The van der Waals surface area contributed by atoms with Crippen molar-refractivity contribution in [2.45, 2.75) is 26.8 Å². The molecule has 3 aromatic rings. The fraction of sp³-hybridized carbons (Fsp3) is 0.316. The third kappa shape index (κ3) is 5.17. The largest absolute Gasteiger partial charge is 0.477 e. The topological polar surface area (TPSA) is 112 Å². The Morgan fingerprint density at radius 2 is 2.17 bits per heavy atom. The van der Waals surface area contributed by atoms with Crippen LogP contribution >= 0.6 is 11.3 Å². The molecule has 0 aliphatic carbocycles. The predicted molar refractivity (Wildman–Crippen MR) is 107 cm³/mol. The summed E-state index contributed by atoms with van der Waals surface area (Å²) >= 11 is 1.48. The summed E-state index contributed by atoms with van der Waals surface area (Å²) in [7, 11) is 0. The van der Waals surface area contributed by atoms with Gasteiger partial charge in [-0.1, -0.05) is 19.1 Å². The summed E-state index contributed by atoms with van der Waals surface area (Å²) < 4.78 is 11.1. The van der Waals surface area contributed by atoms with E-state index >= 15 is 0 Å². The SMILES string of the molecule is CCCN(Cc1nnc(-c2cccs2)o1)C(=O)COc1ccc(C)cc1[N+](=O)[O-]. The van der Waals surface area contributed by atoms with Gasteiger partial charge in [0.25, 0.3) is 11.8 Å². The number of hydrogen-bond acceptors (Lipinski definition) is 8. The van der Waals surface area contributed by atoms with Crippen LogP contribution in [-0.4, -0.2) is 39.1 Å². The van der Waals surface area contributed by atoms with E-state index in [4.69, 9.17) is 9.15 Å². The van der Waals surface area contributed by atoms with Crippen molar-refractivity contribution in [3.63, 3.8) is 0 Å². The van der Waals surface area contributed by atoms with E-state index in [1.54, 1.807) is 13.0 Å². The number of benzene rings is 1. The lowest BCUT2D eigenvalue weighted by atomic mass is 10.2. The molecule has 3 rings (SSSR count). The Kier molecular flexibility index (Phi) is 6.55.